The number of nitrogens with zero attached hydrogens (tertiary/aromatic N) is 1. The van der Waals surface area contributed by atoms with E-state index in [0.717, 1.165) is 22.3 Å². The number of benzene rings is 3. The summed E-state index contributed by atoms with van der Waals surface area (Å²) in [4.78, 5) is 15.2. The van der Waals surface area contributed by atoms with E-state index < -0.39 is 49.1 Å². The average molecular weight is 592 g/mol. The molecule has 0 spiro atoms. The van der Waals surface area contributed by atoms with Crippen molar-refractivity contribution >= 4 is 17.7 Å². The van der Waals surface area contributed by atoms with Crippen molar-refractivity contribution in [2.75, 3.05) is 11.5 Å². The minimum absolute atomic E-state index is 0.0911. The molecule has 2 heterocycles. The molecule has 2 aliphatic rings. The van der Waals surface area contributed by atoms with Crippen molar-refractivity contribution in [2.45, 2.75) is 68.9 Å². The van der Waals surface area contributed by atoms with E-state index in [1.54, 1.807) is 41.3 Å². The van der Waals surface area contributed by atoms with Crippen LogP contribution in [0.2, 0.25) is 0 Å². The number of carbonyl (C=O) groups excluding carboxylic acids is 1. The van der Waals surface area contributed by atoms with Crippen molar-refractivity contribution in [2.24, 2.45) is 5.92 Å². The summed E-state index contributed by atoms with van der Waals surface area (Å²) < 4.78 is 19.4. The van der Waals surface area contributed by atoms with Crippen LogP contribution in [0.1, 0.15) is 54.2 Å². The van der Waals surface area contributed by atoms with Crippen LogP contribution in [0.4, 0.5) is 10.1 Å². The smallest absolute Gasteiger partial charge is 0.233 e. The monoisotopic (exact) mass is 591 g/mol. The van der Waals surface area contributed by atoms with Gasteiger partial charge in [0.25, 0.3) is 0 Å². The number of hydrogen-bond donors (Lipinski definition) is 5. The van der Waals surface area contributed by atoms with Crippen molar-refractivity contribution < 1.29 is 39.5 Å². The molecule has 3 aromatic rings. The summed E-state index contributed by atoms with van der Waals surface area (Å²) in [5, 5.41) is 50.9. The van der Waals surface area contributed by atoms with Gasteiger partial charge in [-0.05, 0) is 66.3 Å². The Hall–Kier alpha value is -3.44. The Morgan fingerprint density at radius 3 is 2.19 bits per heavy atom. The second kappa shape index (κ2) is 13.5. The van der Waals surface area contributed by atoms with Gasteiger partial charge in [-0.25, -0.2) is 4.39 Å². The number of ether oxygens (including phenoxy) is 1. The van der Waals surface area contributed by atoms with E-state index >= 15 is 0 Å². The Morgan fingerprint density at radius 2 is 1.56 bits per heavy atom. The highest BCUT2D eigenvalue weighted by atomic mass is 19.1. The molecule has 2 fully saturated rings. The Balaban J connectivity index is 1.29. The van der Waals surface area contributed by atoms with Gasteiger partial charge in [0.1, 0.15) is 30.2 Å². The number of halogens is 1. The van der Waals surface area contributed by atoms with Gasteiger partial charge in [-0.3, -0.25) is 4.79 Å². The molecule has 3 aromatic carbocycles. The molecule has 5 rings (SSSR count). The normalized spacial score (nSPS) is 28.2. The molecule has 228 valence electrons. The maximum Gasteiger partial charge on any atom is 0.233 e. The van der Waals surface area contributed by atoms with Gasteiger partial charge in [0.2, 0.25) is 5.91 Å². The summed E-state index contributed by atoms with van der Waals surface area (Å²) in [5.41, 5.74) is 4.03. The fraction of sp³-hybridized carbons (Fsp3) is 0.382. The van der Waals surface area contributed by atoms with Gasteiger partial charge in [-0.1, -0.05) is 60.7 Å². The van der Waals surface area contributed by atoms with Crippen molar-refractivity contribution in [3.8, 4) is 0 Å². The first kappa shape index (κ1) is 31.0. The second-order valence-corrected chi connectivity index (χ2v) is 11.3. The van der Waals surface area contributed by atoms with Crippen LogP contribution in [0.15, 0.2) is 78.9 Å². The molecule has 0 radical (unpaired) electrons. The first-order valence-electron chi connectivity index (χ1n) is 14.6. The number of carbonyl (C=O) groups is 1. The van der Waals surface area contributed by atoms with E-state index in [4.69, 9.17) is 4.74 Å². The minimum Gasteiger partial charge on any atom is -0.394 e. The maximum atomic E-state index is 13.8. The third kappa shape index (κ3) is 6.57. The molecule has 0 unspecified atom stereocenters. The molecule has 0 aliphatic carbocycles. The van der Waals surface area contributed by atoms with E-state index in [2.05, 4.69) is 0 Å². The first-order chi connectivity index (χ1) is 20.7. The number of rotatable bonds is 10. The van der Waals surface area contributed by atoms with Crippen LogP contribution < -0.4 is 4.90 Å². The van der Waals surface area contributed by atoms with Crippen molar-refractivity contribution in [3.63, 3.8) is 0 Å². The van der Waals surface area contributed by atoms with Gasteiger partial charge in [0.15, 0.2) is 0 Å². The van der Waals surface area contributed by atoms with Crippen molar-refractivity contribution in [1.82, 2.24) is 0 Å². The molecule has 1 amide bonds. The number of anilines is 1. The second-order valence-electron chi connectivity index (χ2n) is 11.3. The highest BCUT2D eigenvalue weighted by Gasteiger charge is 2.48. The van der Waals surface area contributed by atoms with Crippen LogP contribution in [0.3, 0.4) is 0 Å². The molecule has 8 nitrogen and oxygen atoms in total. The Morgan fingerprint density at radius 1 is 0.907 bits per heavy atom. The standard InChI is InChI=1S/C34H38FNO7/c1-2-3-20-4-8-22(9-5-20)27(38)17-16-26-30(23-10-12-24(35)13-11-23)36(34(26)42)25-14-6-21(7-15-25)18-28-31(39)33(41)32(40)29(19-37)43-28/h2-15,26-33,37-41H,16-19H2,1H3/b3-2+/t26-,27+,28+,29-,30-,31+,32-,33-/m1/s1. The lowest BCUT2D eigenvalue weighted by molar-refractivity contribution is -0.228. The number of β-lactam (4-membered cyclic amide) rings is 1. The molecule has 2 aliphatic heterocycles. The summed E-state index contributed by atoms with van der Waals surface area (Å²) in [6.07, 6.45) is -1.76. The summed E-state index contributed by atoms with van der Waals surface area (Å²) in [6.45, 7) is 1.45. The molecule has 0 aromatic heterocycles. The summed E-state index contributed by atoms with van der Waals surface area (Å²) in [7, 11) is 0. The minimum atomic E-state index is -1.45. The van der Waals surface area contributed by atoms with Crippen LogP contribution >= 0.6 is 0 Å². The molecule has 8 atom stereocenters. The molecular formula is C34H38FNO7. The highest BCUT2D eigenvalue weighted by molar-refractivity contribution is 6.03. The highest BCUT2D eigenvalue weighted by Crippen LogP contribution is 2.46. The lowest BCUT2D eigenvalue weighted by Crippen LogP contribution is -2.59. The van der Waals surface area contributed by atoms with Gasteiger partial charge < -0.3 is 35.2 Å². The molecule has 43 heavy (non-hydrogen) atoms. The number of aliphatic hydroxyl groups is 5. The molecule has 9 heteroatoms. The SMILES string of the molecule is C/C=C/c1ccc([C@@H](O)CC[C@H]2C(=O)N(c3ccc(C[C@@H]4O[C@H](CO)[C@@H](O)[C@H](O)[C@H]4O)cc3)[C@@H]2c2ccc(F)cc2)cc1. The van der Waals surface area contributed by atoms with E-state index in [0.29, 0.717) is 18.5 Å². The van der Waals surface area contributed by atoms with E-state index in [-0.39, 0.29) is 24.2 Å². The van der Waals surface area contributed by atoms with Crippen molar-refractivity contribution in [3.05, 3.63) is 107 Å². The van der Waals surface area contributed by atoms with Crippen LogP contribution in [-0.4, -0.2) is 68.6 Å². The number of hydrogen-bond acceptors (Lipinski definition) is 7. The van der Waals surface area contributed by atoms with Gasteiger partial charge in [0, 0.05) is 12.1 Å². The third-order valence-corrected chi connectivity index (χ3v) is 8.50. The van der Waals surface area contributed by atoms with Crippen LogP contribution in [0, 0.1) is 11.7 Å². The first-order valence-corrected chi connectivity index (χ1v) is 14.6. The van der Waals surface area contributed by atoms with Gasteiger partial charge in [-0.2, -0.15) is 0 Å². The average Bonchev–Trinajstić information content (AvgIpc) is 3.02. The van der Waals surface area contributed by atoms with Gasteiger partial charge >= 0.3 is 0 Å². The molecule has 0 bridgehead atoms. The van der Waals surface area contributed by atoms with Gasteiger partial charge in [0.05, 0.1) is 30.8 Å². The summed E-state index contributed by atoms with van der Waals surface area (Å²) in [6, 6.07) is 20.6. The Bertz CT molecular complexity index is 1390. The molecule has 2 saturated heterocycles. The Labute approximate surface area is 250 Å². The lowest BCUT2D eigenvalue weighted by Gasteiger charge is -2.48. The topological polar surface area (TPSA) is 131 Å². The molecule has 0 saturated carbocycles. The van der Waals surface area contributed by atoms with Gasteiger partial charge in [-0.15, -0.1) is 0 Å². The number of allylic oxidation sites excluding steroid dienone is 1. The van der Waals surface area contributed by atoms with E-state index in [1.165, 1.54) is 12.1 Å². The Kier molecular flexibility index (Phi) is 9.71. The van der Waals surface area contributed by atoms with Crippen LogP contribution in [0.5, 0.6) is 0 Å². The fourth-order valence-corrected chi connectivity index (χ4v) is 6.06. The maximum absolute atomic E-state index is 13.8. The van der Waals surface area contributed by atoms with E-state index in [9.17, 15) is 34.7 Å². The zero-order valence-corrected chi connectivity index (χ0v) is 23.9. The van der Waals surface area contributed by atoms with E-state index in [1.807, 2.05) is 43.3 Å². The molecule has 5 N–H and O–H groups in total. The van der Waals surface area contributed by atoms with Crippen LogP contribution in [0.25, 0.3) is 6.08 Å². The zero-order valence-electron chi connectivity index (χ0n) is 23.9. The third-order valence-electron chi connectivity index (χ3n) is 8.50. The van der Waals surface area contributed by atoms with Crippen molar-refractivity contribution in [1.29, 1.82) is 0 Å². The quantitative estimate of drug-likeness (QED) is 0.228. The molecular weight excluding hydrogens is 553 g/mol. The number of amides is 1. The largest absolute Gasteiger partial charge is 0.394 e. The van der Waals surface area contributed by atoms with Crippen LogP contribution in [-0.2, 0) is 16.0 Å². The predicted molar refractivity (Wildman–Crippen MR) is 159 cm³/mol. The lowest BCUT2D eigenvalue weighted by atomic mass is 9.78. The predicted octanol–water partition coefficient (Wildman–Crippen LogP) is 3.46. The zero-order chi connectivity index (χ0) is 30.7. The number of aliphatic hydroxyl groups excluding tert-OH is 5. The fourth-order valence-electron chi connectivity index (χ4n) is 6.06. The summed E-state index contributed by atoms with van der Waals surface area (Å²) in [5.74, 6) is -0.852. The summed E-state index contributed by atoms with van der Waals surface area (Å²) >= 11 is 0.